The Kier molecular flexibility index (Phi) is 5.91. The van der Waals surface area contributed by atoms with E-state index in [0.717, 1.165) is 17.7 Å². The van der Waals surface area contributed by atoms with Crippen LogP contribution in [0, 0.1) is 0 Å². The van der Waals surface area contributed by atoms with Crippen LogP contribution in [-0.4, -0.2) is 27.4 Å². The zero-order valence-corrected chi connectivity index (χ0v) is 15.1. The van der Waals surface area contributed by atoms with Crippen LogP contribution in [0.4, 0.5) is 30.6 Å². The molecular weight excluding hydrogens is 385 g/mol. The fraction of sp³-hybridized carbons (Fsp3) is 0.158. The molecule has 0 fully saturated rings. The molecule has 150 valence electrons. The van der Waals surface area contributed by atoms with Gasteiger partial charge in [-0.1, -0.05) is 6.07 Å². The van der Waals surface area contributed by atoms with E-state index in [1.807, 2.05) is 0 Å². The molecule has 0 unspecified atom stereocenters. The van der Waals surface area contributed by atoms with Gasteiger partial charge in [0.15, 0.2) is 0 Å². The molecule has 0 bridgehead atoms. The second-order valence-electron chi connectivity index (χ2n) is 6.04. The maximum atomic E-state index is 12.9. The number of aromatic nitrogens is 3. The monoisotopic (exact) mass is 402 g/mol. The molecule has 0 saturated heterocycles. The van der Waals surface area contributed by atoms with E-state index < -0.39 is 17.6 Å². The van der Waals surface area contributed by atoms with Gasteiger partial charge in [-0.2, -0.15) is 13.2 Å². The van der Waals surface area contributed by atoms with E-state index in [1.165, 1.54) is 18.3 Å². The summed E-state index contributed by atoms with van der Waals surface area (Å²) >= 11 is 0. The second-order valence-corrected chi connectivity index (χ2v) is 6.04. The topological polar surface area (TPSA) is 106 Å². The third kappa shape index (κ3) is 5.64. The molecule has 3 rings (SSSR count). The normalized spacial score (nSPS) is 11.1. The summed E-state index contributed by atoms with van der Waals surface area (Å²) < 4.78 is 38.6. The van der Waals surface area contributed by atoms with Crippen molar-refractivity contribution in [2.45, 2.75) is 12.6 Å². The van der Waals surface area contributed by atoms with Gasteiger partial charge in [0.1, 0.15) is 5.82 Å². The minimum Gasteiger partial charge on any atom is -0.370 e. The molecule has 0 atom stereocenters. The van der Waals surface area contributed by atoms with Crippen LogP contribution in [0.5, 0.6) is 0 Å². The van der Waals surface area contributed by atoms with Crippen molar-refractivity contribution in [1.29, 1.82) is 0 Å². The highest BCUT2D eigenvalue weighted by molar-refractivity contribution is 5.74. The molecule has 3 aromatic rings. The summed E-state index contributed by atoms with van der Waals surface area (Å²) in [5, 5.41) is 5.77. The number of anilines is 3. The molecule has 0 aliphatic rings. The van der Waals surface area contributed by atoms with Gasteiger partial charge in [0, 0.05) is 36.6 Å². The average Bonchev–Trinajstić information content (AvgIpc) is 2.68. The first-order chi connectivity index (χ1) is 13.8. The number of rotatable bonds is 7. The van der Waals surface area contributed by atoms with Gasteiger partial charge < -0.3 is 16.4 Å². The van der Waals surface area contributed by atoms with Crippen molar-refractivity contribution in [3.8, 4) is 11.3 Å². The van der Waals surface area contributed by atoms with E-state index in [1.54, 1.807) is 24.4 Å². The van der Waals surface area contributed by atoms with Crippen molar-refractivity contribution in [2.75, 3.05) is 17.2 Å². The van der Waals surface area contributed by atoms with Gasteiger partial charge in [0.05, 0.1) is 11.3 Å². The van der Waals surface area contributed by atoms with Crippen LogP contribution in [0.1, 0.15) is 12.0 Å². The Morgan fingerprint density at radius 3 is 2.62 bits per heavy atom. The van der Waals surface area contributed by atoms with E-state index in [0.29, 0.717) is 18.1 Å². The molecule has 1 aromatic carbocycles. The number of nitrogens with two attached hydrogens (primary N) is 1. The van der Waals surface area contributed by atoms with Crippen molar-refractivity contribution in [2.24, 2.45) is 5.73 Å². The number of alkyl halides is 3. The molecule has 0 saturated carbocycles. The first kappa shape index (κ1) is 20.1. The predicted molar refractivity (Wildman–Crippen MR) is 102 cm³/mol. The molecule has 7 nitrogen and oxygen atoms in total. The predicted octanol–water partition coefficient (Wildman–Crippen LogP) is 3.59. The molecule has 29 heavy (non-hydrogen) atoms. The maximum Gasteiger partial charge on any atom is 0.416 e. The molecule has 2 heterocycles. The van der Waals surface area contributed by atoms with Crippen LogP contribution in [0.25, 0.3) is 11.3 Å². The summed E-state index contributed by atoms with van der Waals surface area (Å²) in [5.41, 5.74) is 5.83. The van der Waals surface area contributed by atoms with Crippen LogP contribution >= 0.6 is 0 Å². The largest absolute Gasteiger partial charge is 0.416 e. The number of halogens is 3. The number of benzene rings is 1. The second kappa shape index (κ2) is 8.55. The quantitative estimate of drug-likeness (QED) is 0.558. The Morgan fingerprint density at radius 1 is 1.07 bits per heavy atom. The molecule has 2 aromatic heterocycles. The molecule has 4 N–H and O–H groups in total. The molecule has 0 spiro atoms. The summed E-state index contributed by atoms with van der Waals surface area (Å²) in [6, 6.07) is 9.92. The van der Waals surface area contributed by atoms with E-state index in [2.05, 4.69) is 25.6 Å². The van der Waals surface area contributed by atoms with Gasteiger partial charge in [-0.05, 0) is 36.4 Å². The van der Waals surface area contributed by atoms with Crippen molar-refractivity contribution in [1.82, 2.24) is 15.0 Å². The average molecular weight is 402 g/mol. The van der Waals surface area contributed by atoms with E-state index in [9.17, 15) is 18.0 Å². The van der Waals surface area contributed by atoms with Gasteiger partial charge in [-0.3, -0.25) is 4.79 Å². The van der Waals surface area contributed by atoms with Crippen molar-refractivity contribution >= 4 is 23.4 Å². The van der Waals surface area contributed by atoms with Crippen molar-refractivity contribution < 1.29 is 18.0 Å². The Balaban J connectivity index is 1.77. The van der Waals surface area contributed by atoms with Crippen LogP contribution in [0.2, 0.25) is 0 Å². The van der Waals surface area contributed by atoms with Gasteiger partial charge in [-0.25, -0.2) is 15.0 Å². The number of amides is 1. The highest BCUT2D eigenvalue weighted by atomic mass is 19.4. The van der Waals surface area contributed by atoms with Crippen molar-refractivity contribution in [3.63, 3.8) is 0 Å². The van der Waals surface area contributed by atoms with Gasteiger partial charge in [-0.15, -0.1) is 0 Å². The molecule has 10 heteroatoms. The summed E-state index contributed by atoms with van der Waals surface area (Å²) in [6.45, 7) is 0.345. The highest BCUT2D eigenvalue weighted by Crippen LogP contribution is 2.31. The smallest absolute Gasteiger partial charge is 0.370 e. The molecule has 0 aliphatic carbocycles. The Hall–Kier alpha value is -3.69. The van der Waals surface area contributed by atoms with Gasteiger partial charge in [0.25, 0.3) is 0 Å². The van der Waals surface area contributed by atoms with E-state index in [-0.39, 0.29) is 18.1 Å². The lowest BCUT2D eigenvalue weighted by atomic mass is 10.2. The summed E-state index contributed by atoms with van der Waals surface area (Å²) in [6.07, 6.45) is -1.19. The Bertz CT molecular complexity index is 1010. The van der Waals surface area contributed by atoms with Crippen LogP contribution < -0.4 is 16.4 Å². The summed E-state index contributed by atoms with van der Waals surface area (Å²) in [7, 11) is 0. The van der Waals surface area contributed by atoms with E-state index >= 15 is 0 Å². The Morgan fingerprint density at radius 2 is 1.86 bits per heavy atom. The molecule has 1 amide bonds. The molecular formula is C19H17F3N6O. The standard InChI is InChI=1S/C19H17F3N6O/c20-19(21,22)13-2-1-3-14(11-13)27-18-26-8-5-15(28-18)12-4-7-24-17(10-12)25-9-6-16(23)29/h1-5,7-8,10-11H,6,9H2,(H2,23,29)(H,24,25)(H,26,27,28). The first-order valence-corrected chi connectivity index (χ1v) is 8.57. The minimum absolute atomic E-state index is 0.155. The number of hydrogen-bond donors (Lipinski definition) is 3. The van der Waals surface area contributed by atoms with Gasteiger partial charge >= 0.3 is 6.18 Å². The number of carbonyl (C=O) groups excluding carboxylic acids is 1. The lowest BCUT2D eigenvalue weighted by Gasteiger charge is -2.10. The fourth-order valence-electron chi connectivity index (χ4n) is 2.48. The fourth-order valence-corrected chi connectivity index (χ4v) is 2.48. The third-order valence-corrected chi connectivity index (χ3v) is 3.83. The number of primary amides is 1. The number of nitrogens with zero attached hydrogens (tertiary/aromatic N) is 3. The number of carbonyl (C=O) groups is 1. The SMILES string of the molecule is NC(=O)CCNc1cc(-c2ccnc(Nc3cccc(C(F)(F)F)c3)n2)ccn1. The van der Waals surface area contributed by atoms with Crippen LogP contribution in [0.15, 0.2) is 54.9 Å². The van der Waals surface area contributed by atoms with Gasteiger partial charge in [0.2, 0.25) is 11.9 Å². The number of nitrogens with one attached hydrogen (secondary N) is 2. The third-order valence-electron chi connectivity index (χ3n) is 3.83. The minimum atomic E-state index is -4.44. The Labute approximate surface area is 164 Å². The van der Waals surface area contributed by atoms with Crippen molar-refractivity contribution in [3.05, 3.63) is 60.4 Å². The first-order valence-electron chi connectivity index (χ1n) is 8.57. The summed E-state index contributed by atoms with van der Waals surface area (Å²) in [4.78, 5) is 23.4. The highest BCUT2D eigenvalue weighted by Gasteiger charge is 2.30. The van der Waals surface area contributed by atoms with E-state index in [4.69, 9.17) is 5.73 Å². The number of hydrogen-bond acceptors (Lipinski definition) is 6. The number of pyridine rings is 1. The van der Waals surface area contributed by atoms with Crippen LogP contribution in [0.3, 0.4) is 0 Å². The molecule has 0 aliphatic heterocycles. The zero-order valence-electron chi connectivity index (χ0n) is 15.1. The lowest BCUT2D eigenvalue weighted by Crippen LogP contribution is -2.16. The van der Waals surface area contributed by atoms with Crippen LogP contribution in [-0.2, 0) is 11.0 Å². The lowest BCUT2D eigenvalue weighted by molar-refractivity contribution is -0.137. The summed E-state index contributed by atoms with van der Waals surface area (Å²) in [5.74, 6) is 0.270. The molecule has 0 radical (unpaired) electrons. The maximum absolute atomic E-state index is 12.9. The zero-order chi connectivity index (χ0) is 20.9.